The van der Waals surface area contributed by atoms with Gasteiger partial charge in [0.1, 0.15) is 13.6 Å². The Morgan fingerprint density at radius 3 is 2.43 bits per heavy atom. The third-order valence-corrected chi connectivity index (χ3v) is 2.66. The second kappa shape index (κ2) is 4.36. The van der Waals surface area contributed by atoms with E-state index in [1.807, 2.05) is 20.8 Å². The van der Waals surface area contributed by atoms with Gasteiger partial charge in [0.15, 0.2) is 0 Å². The summed E-state index contributed by atoms with van der Waals surface area (Å²) in [5.41, 5.74) is 3.05. The van der Waals surface area contributed by atoms with E-state index in [9.17, 15) is 0 Å². The van der Waals surface area contributed by atoms with Crippen LogP contribution in [0, 0.1) is 13.8 Å². The summed E-state index contributed by atoms with van der Waals surface area (Å²) in [6.07, 6.45) is 0.152. The van der Waals surface area contributed by atoms with Crippen LogP contribution in [0.2, 0.25) is 0 Å². The van der Waals surface area contributed by atoms with Crippen molar-refractivity contribution in [3.8, 4) is 5.75 Å². The molecule has 0 spiro atoms. The average Bonchev–Trinajstić information content (AvgIpc) is 2.09. The van der Waals surface area contributed by atoms with Gasteiger partial charge in [-0.25, -0.2) is 0 Å². The van der Waals surface area contributed by atoms with Crippen LogP contribution in [-0.2, 0) is 0 Å². The molecule has 0 heterocycles. The molecule has 2 radical (unpaired) electrons. The predicted octanol–water partition coefficient (Wildman–Crippen LogP) is 1.38. The first kappa shape index (κ1) is 11.6. The molecule has 0 amide bonds. The van der Waals surface area contributed by atoms with Crippen molar-refractivity contribution in [3.63, 3.8) is 0 Å². The van der Waals surface area contributed by atoms with Crippen molar-refractivity contribution in [1.82, 2.24) is 0 Å². The summed E-state index contributed by atoms with van der Waals surface area (Å²) in [6, 6.07) is 2.08. The van der Waals surface area contributed by atoms with Crippen LogP contribution in [0.3, 0.4) is 0 Å². The lowest BCUT2D eigenvalue weighted by Crippen LogP contribution is -2.23. The molecule has 0 fully saturated rings. The highest BCUT2D eigenvalue weighted by Crippen LogP contribution is 2.14. The number of rotatable bonds is 2. The first-order chi connectivity index (χ1) is 6.43. The number of hydrogen-bond acceptors (Lipinski definition) is 1. The van der Waals surface area contributed by atoms with Gasteiger partial charge < -0.3 is 4.74 Å². The van der Waals surface area contributed by atoms with Crippen molar-refractivity contribution in [2.45, 2.75) is 33.8 Å². The van der Waals surface area contributed by atoms with E-state index in [0.29, 0.717) is 0 Å². The molecule has 0 saturated heterocycles. The molecule has 0 N–H and O–H groups in total. The van der Waals surface area contributed by atoms with Gasteiger partial charge in [0, 0.05) is 5.30 Å². The normalized spacial score (nSPS) is 10.7. The van der Waals surface area contributed by atoms with Crippen molar-refractivity contribution in [1.29, 1.82) is 0 Å². The third kappa shape index (κ3) is 2.30. The molecule has 1 unspecified atom stereocenters. The Morgan fingerprint density at radius 2 is 1.93 bits per heavy atom. The zero-order valence-corrected chi connectivity index (χ0v) is 10.4. The fourth-order valence-corrected chi connectivity index (χ4v) is 1.79. The van der Waals surface area contributed by atoms with Gasteiger partial charge in [0.2, 0.25) is 0 Å². The molecule has 3 heteroatoms. The van der Waals surface area contributed by atoms with Gasteiger partial charge in [-0.2, -0.15) is 0 Å². The van der Waals surface area contributed by atoms with Gasteiger partial charge in [0.25, 0.3) is 0 Å². The molecule has 0 aromatic heterocycles. The summed E-state index contributed by atoms with van der Waals surface area (Å²) < 4.78 is 5.67. The molecule has 1 nitrogen and oxygen atoms in total. The molecule has 1 atom stereocenters. The van der Waals surface area contributed by atoms with Gasteiger partial charge in [-0.05, 0) is 39.3 Å². The molecule has 0 aliphatic carbocycles. The summed E-state index contributed by atoms with van der Waals surface area (Å²) in [6.45, 7) is 8.07. The van der Waals surface area contributed by atoms with E-state index in [4.69, 9.17) is 12.6 Å². The fourth-order valence-electron chi connectivity index (χ4n) is 1.31. The molecule has 1 rings (SSSR count). The number of hydrogen-bond donors (Lipinski definition) is 0. The van der Waals surface area contributed by atoms with E-state index in [0.717, 1.165) is 22.1 Å². The summed E-state index contributed by atoms with van der Waals surface area (Å²) in [5.74, 6) is 0.799. The van der Waals surface area contributed by atoms with E-state index >= 15 is 0 Å². The zero-order valence-electron chi connectivity index (χ0n) is 9.22. The number of aryl methyl sites for hydroxylation is 1. The smallest absolute Gasteiger partial charge is 0.120 e. The molecule has 1 aromatic rings. The average molecular weight is 206 g/mol. The topological polar surface area (TPSA) is 9.23 Å². The molecule has 0 aliphatic heterocycles. The Bertz CT molecular complexity index is 348. The summed E-state index contributed by atoms with van der Waals surface area (Å²) in [5, 5.41) is 1.03. The van der Waals surface area contributed by atoms with Gasteiger partial charge in [-0.1, -0.05) is 11.0 Å². The molecule has 0 saturated carbocycles. The van der Waals surface area contributed by atoms with E-state index in [1.54, 1.807) is 0 Å². The molecule has 0 aliphatic rings. The lowest BCUT2D eigenvalue weighted by Gasteiger charge is -2.18. The van der Waals surface area contributed by atoms with Crippen molar-refractivity contribution in [3.05, 3.63) is 17.2 Å². The van der Waals surface area contributed by atoms with Gasteiger partial charge >= 0.3 is 0 Å². The molecular formula is C11H16BOP. The van der Waals surface area contributed by atoms with Crippen LogP contribution in [0.25, 0.3) is 0 Å². The van der Waals surface area contributed by atoms with E-state index in [2.05, 4.69) is 22.2 Å². The summed E-state index contributed by atoms with van der Waals surface area (Å²) in [4.78, 5) is 0. The fraction of sp³-hybridized carbons (Fsp3) is 0.455. The highest BCUT2D eigenvalue weighted by Gasteiger charge is 2.09. The first-order valence-electron chi connectivity index (χ1n) is 4.75. The predicted molar refractivity (Wildman–Crippen MR) is 66.4 cm³/mol. The van der Waals surface area contributed by atoms with Crippen LogP contribution < -0.4 is 15.5 Å². The Kier molecular flexibility index (Phi) is 3.61. The van der Waals surface area contributed by atoms with Crippen molar-refractivity contribution >= 4 is 27.9 Å². The minimum absolute atomic E-state index is 0.152. The second-order valence-electron chi connectivity index (χ2n) is 3.82. The molecule has 1 aromatic carbocycles. The van der Waals surface area contributed by atoms with Crippen molar-refractivity contribution in [2.24, 2.45) is 0 Å². The third-order valence-electron chi connectivity index (χ3n) is 2.23. The SMILES string of the molecule is [B]c1c(C)c(C)cc(P)c1OC(C)C. The minimum atomic E-state index is 0.152. The van der Waals surface area contributed by atoms with Crippen LogP contribution in [-0.4, -0.2) is 14.0 Å². The maximum atomic E-state index is 5.99. The van der Waals surface area contributed by atoms with Crippen LogP contribution in [0.5, 0.6) is 5.75 Å². The van der Waals surface area contributed by atoms with Gasteiger partial charge in [-0.15, -0.1) is 9.24 Å². The first-order valence-corrected chi connectivity index (χ1v) is 5.33. The van der Waals surface area contributed by atoms with Gasteiger partial charge in [-0.3, -0.25) is 0 Å². The molecule has 74 valence electrons. The summed E-state index contributed by atoms with van der Waals surface area (Å²) >= 11 is 0. The van der Waals surface area contributed by atoms with E-state index in [-0.39, 0.29) is 6.10 Å². The maximum Gasteiger partial charge on any atom is 0.120 e. The van der Waals surface area contributed by atoms with Gasteiger partial charge in [0.05, 0.1) is 6.10 Å². The molecular weight excluding hydrogens is 190 g/mol. The largest absolute Gasteiger partial charge is 0.491 e. The Balaban J connectivity index is 3.22. The van der Waals surface area contributed by atoms with Crippen LogP contribution in [0.1, 0.15) is 25.0 Å². The van der Waals surface area contributed by atoms with Crippen LogP contribution in [0.15, 0.2) is 6.07 Å². The molecule has 0 bridgehead atoms. The van der Waals surface area contributed by atoms with Crippen molar-refractivity contribution < 1.29 is 4.74 Å². The van der Waals surface area contributed by atoms with Crippen LogP contribution in [0.4, 0.5) is 0 Å². The van der Waals surface area contributed by atoms with Crippen LogP contribution >= 0.6 is 9.24 Å². The Labute approximate surface area is 89.9 Å². The standard InChI is InChI=1S/C11H16BOP/c1-6(2)13-11-9(14)5-7(3)8(4)10(11)12/h5-6H,14H2,1-4H3. The highest BCUT2D eigenvalue weighted by atomic mass is 31.0. The Hall–Kier alpha value is -0.485. The lowest BCUT2D eigenvalue weighted by atomic mass is 9.87. The minimum Gasteiger partial charge on any atom is -0.491 e. The summed E-state index contributed by atoms with van der Waals surface area (Å²) in [7, 11) is 8.66. The Morgan fingerprint density at radius 1 is 1.36 bits per heavy atom. The van der Waals surface area contributed by atoms with E-state index < -0.39 is 0 Å². The lowest BCUT2D eigenvalue weighted by molar-refractivity contribution is 0.246. The van der Waals surface area contributed by atoms with Crippen molar-refractivity contribution in [2.75, 3.05) is 0 Å². The number of ether oxygens (including phenoxy) is 1. The monoisotopic (exact) mass is 206 g/mol. The second-order valence-corrected chi connectivity index (χ2v) is 4.44. The quantitative estimate of drug-likeness (QED) is 0.524. The van der Waals surface area contributed by atoms with E-state index in [1.165, 1.54) is 5.56 Å². The highest BCUT2D eigenvalue weighted by molar-refractivity contribution is 7.27. The maximum absolute atomic E-state index is 5.99. The molecule has 14 heavy (non-hydrogen) atoms. The number of benzene rings is 1. The zero-order chi connectivity index (χ0) is 10.9.